The first-order valence-electron chi connectivity index (χ1n) is 6.44. The van der Waals surface area contributed by atoms with Crippen LogP contribution in [0.15, 0.2) is 36.7 Å². The van der Waals surface area contributed by atoms with Crippen LogP contribution in [0.4, 0.5) is 4.39 Å². The molecule has 0 aliphatic heterocycles. The molecule has 0 spiro atoms. The first kappa shape index (κ1) is 14.2. The minimum absolute atomic E-state index is 0.157. The van der Waals surface area contributed by atoms with Crippen molar-refractivity contribution < 1.29 is 9.18 Å². The second kappa shape index (κ2) is 5.45. The van der Waals surface area contributed by atoms with Crippen molar-refractivity contribution in [2.75, 3.05) is 0 Å². The molecule has 0 aliphatic carbocycles. The van der Waals surface area contributed by atoms with E-state index in [2.05, 4.69) is 10.4 Å². The summed E-state index contributed by atoms with van der Waals surface area (Å²) in [5.41, 5.74) is 1.21. The first-order chi connectivity index (χ1) is 9.36. The summed E-state index contributed by atoms with van der Waals surface area (Å²) in [6.07, 6.45) is 3.27. The number of nitrogens with zero attached hydrogens (tertiary/aromatic N) is 2. The molecule has 0 fully saturated rings. The van der Waals surface area contributed by atoms with Crippen molar-refractivity contribution in [2.24, 2.45) is 0 Å². The molecule has 4 nitrogen and oxygen atoms in total. The van der Waals surface area contributed by atoms with Crippen molar-refractivity contribution in [2.45, 2.75) is 32.9 Å². The number of carbonyl (C=O) groups excluding carboxylic acids is 1. The predicted molar refractivity (Wildman–Crippen MR) is 74.8 cm³/mol. The van der Waals surface area contributed by atoms with Gasteiger partial charge in [0.1, 0.15) is 5.82 Å². The highest BCUT2D eigenvalue weighted by Gasteiger charge is 2.16. The van der Waals surface area contributed by atoms with Crippen LogP contribution >= 0.6 is 0 Å². The number of hydrogen-bond donors (Lipinski definition) is 1. The lowest BCUT2D eigenvalue weighted by Gasteiger charge is -2.18. The molecule has 106 valence electrons. The van der Waals surface area contributed by atoms with Crippen molar-refractivity contribution in [1.29, 1.82) is 0 Å². The van der Waals surface area contributed by atoms with Crippen molar-refractivity contribution >= 4 is 5.91 Å². The highest BCUT2D eigenvalue weighted by molar-refractivity contribution is 5.93. The third kappa shape index (κ3) is 3.44. The van der Waals surface area contributed by atoms with Gasteiger partial charge >= 0.3 is 0 Å². The number of nitrogens with one attached hydrogen (secondary N) is 1. The number of amides is 1. The molecule has 2 rings (SSSR count). The fourth-order valence-electron chi connectivity index (χ4n) is 1.69. The van der Waals surface area contributed by atoms with Gasteiger partial charge in [-0.3, -0.25) is 9.48 Å². The normalized spacial score (nSPS) is 11.4. The van der Waals surface area contributed by atoms with E-state index >= 15 is 0 Å². The predicted octanol–water partition coefficient (Wildman–Crippen LogP) is 2.71. The quantitative estimate of drug-likeness (QED) is 0.936. The second-order valence-corrected chi connectivity index (χ2v) is 5.65. The minimum atomic E-state index is -0.286. The molecule has 0 saturated heterocycles. The summed E-state index contributed by atoms with van der Waals surface area (Å²) in [6, 6.07) is 6.04. The van der Waals surface area contributed by atoms with E-state index in [1.807, 2.05) is 20.8 Å². The Hall–Kier alpha value is -2.17. The number of carbonyl (C=O) groups is 1. The molecule has 0 aliphatic rings. The third-order valence-electron chi connectivity index (χ3n) is 2.90. The molecule has 1 heterocycles. The summed E-state index contributed by atoms with van der Waals surface area (Å²) in [5.74, 6) is -0.476. The standard InChI is InChI=1S/C15H18FN3O/c1-15(2,3)19-10-12(9-18-19)14(20)17-8-11-4-6-13(16)7-5-11/h4-7,9-10H,8H2,1-3H3,(H,17,20). The van der Waals surface area contributed by atoms with E-state index in [-0.39, 0.29) is 17.3 Å². The highest BCUT2D eigenvalue weighted by atomic mass is 19.1. The highest BCUT2D eigenvalue weighted by Crippen LogP contribution is 2.13. The molecule has 1 amide bonds. The number of aromatic nitrogens is 2. The smallest absolute Gasteiger partial charge is 0.254 e. The SMILES string of the molecule is CC(C)(C)n1cc(C(=O)NCc2ccc(F)cc2)cn1. The van der Waals surface area contributed by atoms with Crippen LogP contribution in [0.25, 0.3) is 0 Å². The Balaban J connectivity index is 1.98. The van der Waals surface area contributed by atoms with Crippen molar-refractivity contribution in [3.05, 3.63) is 53.6 Å². The fraction of sp³-hybridized carbons (Fsp3) is 0.333. The summed E-state index contributed by atoms with van der Waals surface area (Å²) in [7, 11) is 0. The zero-order valence-electron chi connectivity index (χ0n) is 11.9. The van der Waals surface area contributed by atoms with Gasteiger partial charge in [-0.2, -0.15) is 5.10 Å². The van der Waals surface area contributed by atoms with Crippen LogP contribution in [-0.4, -0.2) is 15.7 Å². The Labute approximate surface area is 117 Å². The maximum absolute atomic E-state index is 12.8. The lowest BCUT2D eigenvalue weighted by Crippen LogP contribution is -2.24. The number of benzene rings is 1. The Morgan fingerprint density at radius 1 is 1.30 bits per heavy atom. The molecule has 0 unspecified atom stereocenters. The van der Waals surface area contributed by atoms with E-state index in [1.165, 1.54) is 12.1 Å². The lowest BCUT2D eigenvalue weighted by atomic mass is 10.1. The minimum Gasteiger partial charge on any atom is -0.348 e. The first-order valence-corrected chi connectivity index (χ1v) is 6.44. The van der Waals surface area contributed by atoms with E-state index in [1.54, 1.807) is 29.2 Å². The van der Waals surface area contributed by atoms with Gasteiger partial charge in [-0.05, 0) is 38.5 Å². The van der Waals surface area contributed by atoms with Crippen LogP contribution in [0, 0.1) is 5.82 Å². The molecule has 1 aromatic heterocycles. The van der Waals surface area contributed by atoms with E-state index in [0.29, 0.717) is 12.1 Å². The molecule has 2 aromatic rings. The van der Waals surface area contributed by atoms with E-state index in [0.717, 1.165) is 5.56 Å². The molecule has 1 N–H and O–H groups in total. The van der Waals surface area contributed by atoms with Gasteiger partial charge in [0.25, 0.3) is 5.91 Å². The number of hydrogen-bond acceptors (Lipinski definition) is 2. The monoisotopic (exact) mass is 275 g/mol. The lowest BCUT2D eigenvalue weighted by molar-refractivity contribution is 0.0950. The number of rotatable bonds is 3. The van der Waals surface area contributed by atoms with Crippen molar-refractivity contribution in [1.82, 2.24) is 15.1 Å². The molecule has 1 aromatic carbocycles. The molecule has 20 heavy (non-hydrogen) atoms. The molecule has 0 bridgehead atoms. The molecular weight excluding hydrogens is 257 g/mol. The van der Waals surface area contributed by atoms with Crippen LogP contribution in [0.3, 0.4) is 0 Å². The van der Waals surface area contributed by atoms with Crippen LogP contribution in [0.1, 0.15) is 36.7 Å². The Morgan fingerprint density at radius 2 is 1.95 bits per heavy atom. The fourth-order valence-corrected chi connectivity index (χ4v) is 1.69. The van der Waals surface area contributed by atoms with Gasteiger partial charge in [-0.15, -0.1) is 0 Å². The molecule has 0 atom stereocenters. The third-order valence-corrected chi connectivity index (χ3v) is 2.90. The molecule has 5 heteroatoms. The van der Waals surface area contributed by atoms with E-state index in [4.69, 9.17) is 0 Å². The van der Waals surface area contributed by atoms with Gasteiger partial charge < -0.3 is 5.32 Å². The maximum Gasteiger partial charge on any atom is 0.254 e. The zero-order chi connectivity index (χ0) is 14.8. The van der Waals surface area contributed by atoms with Gasteiger partial charge in [0, 0.05) is 12.7 Å². The van der Waals surface area contributed by atoms with Crippen LogP contribution in [0.2, 0.25) is 0 Å². The second-order valence-electron chi connectivity index (χ2n) is 5.65. The average molecular weight is 275 g/mol. The summed E-state index contributed by atoms with van der Waals surface area (Å²) in [4.78, 5) is 12.0. The van der Waals surface area contributed by atoms with Crippen LogP contribution in [0.5, 0.6) is 0 Å². The zero-order valence-corrected chi connectivity index (χ0v) is 11.9. The van der Waals surface area contributed by atoms with Gasteiger partial charge in [0.2, 0.25) is 0 Å². The van der Waals surface area contributed by atoms with Crippen LogP contribution in [-0.2, 0) is 12.1 Å². The Morgan fingerprint density at radius 3 is 2.50 bits per heavy atom. The van der Waals surface area contributed by atoms with Crippen molar-refractivity contribution in [3.63, 3.8) is 0 Å². The maximum atomic E-state index is 12.8. The average Bonchev–Trinajstić information content (AvgIpc) is 2.87. The van der Waals surface area contributed by atoms with Gasteiger partial charge in [0.05, 0.1) is 17.3 Å². The van der Waals surface area contributed by atoms with Gasteiger partial charge in [-0.25, -0.2) is 4.39 Å². The largest absolute Gasteiger partial charge is 0.348 e. The molecule has 0 saturated carbocycles. The summed E-state index contributed by atoms with van der Waals surface area (Å²) in [5, 5.41) is 6.97. The molecular formula is C15H18FN3O. The van der Waals surface area contributed by atoms with Gasteiger partial charge in [-0.1, -0.05) is 12.1 Å². The Bertz CT molecular complexity index is 596. The van der Waals surface area contributed by atoms with Gasteiger partial charge in [0.15, 0.2) is 0 Å². The summed E-state index contributed by atoms with van der Waals surface area (Å²) in [6.45, 7) is 6.40. The van der Waals surface area contributed by atoms with E-state index < -0.39 is 0 Å². The van der Waals surface area contributed by atoms with Crippen molar-refractivity contribution in [3.8, 4) is 0 Å². The number of halogens is 1. The topological polar surface area (TPSA) is 46.9 Å². The summed E-state index contributed by atoms with van der Waals surface area (Å²) >= 11 is 0. The Kier molecular flexibility index (Phi) is 3.88. The van der Waals surface area contributed by atoms with Crippen LogP contribution < -0.4 is 5.32 Å². The molecule has 0 radical (unpaired) electrons. The summed E-state index contributed by atoms with van der Waals surface area (Å²) < 4.78 is 14.5. The van der Waals surface area contributed by atoms with E-state index in [9.17, 15) is 9.18 Å².